The van der Waals surface area contributed by atoms with Crippen LogP contribution in [-0.2, 0) is 14.8 Å². The SMILES string of the molecule is CC(C)OCCNS(=O)(=O)C(C)CO. The number of ether oxygens (including phenoxy) is 1. The molecule has 0 radical (unpaired) electrons. The summed E-state index contributed by atoms with van der Waals surface area (Å²) in [6.45, 7) is 5.42. The van der Waals surface area contributed by atoms with Gasteiger partial charge in [-0.05, 0) is 20.8 Å². The molecule has 86 valence electrons. The molecule has 0 saturated heterocycles. The maximum absolute atomic E-state index is 11.3. The molecule has 0 fully saturated rings. The van der Waals surface area contributed by atoms with Crippen molar-refractivity contribution in [1.29, 1.82) is 0 Å². The molecule has 0 aromatic rings. The molecule has 2 N–H and O–H groups in total. The van der Waals surface area contributed by atoms with Crippen LogP contribution in [0.4, 0.5) is 0 Å². The average molecular weight is 225 g/mol. The lowest BCUT2D eigenvalue weighted by Gasteiger charge is -2.12. The van der Waals surface area contributed by atoms with Gasteiger partial charge in [-0.15, -0.1) is 0 Å². The van der Waals surface area contributed by atoms with Crippen molar-refractivity contribution in [1.82, 2.24) is 4.72 Å². The molecule has 0 aliphatic heterocycles. The van der Waals surface area contributed by atoms with Gasteiger partial charge in [-0.25, -0.2) is 13.1 Å². The maximum atomic E-state index is 11.3. The molecule has 0 aromatic carbocycles. The monoisotopic (exact) mass is 225 g/mol. The Hall–Kier alpha value is -0.170. The Kier molecular flexibility index (Phi) is 6.26. The first-order chi connectivity index (χ1) is 6.40. The number of sulfonamides is 1. The van der Waals surface area contributed by atoms with Crippen LogP contribution >= 0.6 is 0 Å². The van der Waals surface area contributed by atoms with Crippen LogP contribution in [0.5, 0.6) is 0 Å². The Morgan fingerprint density at radius 3 is 2.36 bits per heavy atom. The van der Waals surface area contributed by atoms with Gasteiger partial charge in [0.15, 0.2) is 0 Å². The summed E-state index contributed by atoms with van der Waals surface area (Å²) in [6, 6.07) is 0. The molecule has 0 rings (SSSR count). The number of aliphatic hydroxyl groups excluding tert-OH is 1. The minimum Gasteiger partial charge on any atom is -0.395 e. The lowest BCUT2D eigenvalue weighted by Crippen LogP contribution is -2.36. The van der Waals surface area contributed by atoms with Gasteiger partial charge >= 0.3 is 0 Å². The van der Waals surface area contributed by atoms with E-state index in [0.717, 1.165) is 0 Å². The van der Waals surface area contributed by atoms with Gasteiger partial charge in [-0.3, -0.25) is 0 Å². The molecule has 0 aliphatic carbocycles. The van der Waals surface area contributed by atoms with Gasteiger partial charge in [0.2, 0.25) is 10.0 Å². The second kappa shape index (κ2) is 6.34. The van der Waals surface area contributed by atoms with Crippen molar-refractivity contribution in [2.75, 3.05) is 19.8 Å². The summed E-state index contributed by atoms with van der Waals surface area (Å²) in [7, 11) is -3.39. The van der Waals surface area contributed by atoms with Crippen LogP contribution in [0.25, 0.3) is 0 Å². The van der Waals surface area contributed by atoms with Crippen molar-refractivity contribution in [2.24, 2.45) is 0 Å². The molecule has 0 aromatic heterocycles. The molecule has 0 bridgehead atoms. The van der Waals surface area contributed by atoms with Crippen molar-refractivity contribution in [3.05, 3.63) is 0 Å². The molecule has 0 saturated carbocycles. The highest BCUT2D eigenvalue weighted by Gasteiger charge is 2.18. The van der Waals surface area contributed by atoms with E-state index in [0.29, 0.717) is 6.61 Å². The standard InChI is InChI=1S/C8H19NO4S/c1-7(2)13-5-4-9-14(11,12)8(3)6-10/h7-10H,4-6H2,1-3H3. The van der Waals surface area contributed by atoms with Gasteiger partial charge in [0, 0.05) is 6.54 Å². The van der Waals surface area contributed by atoms with Crippen LogP contribution in [0.2, 0.25) is 0 Å². The normalized spacial score (nSPS) is 14.6. The number of hydrogen-bond donors (Lipinski definition) is 2. The summed E-state index contributed by atoms with van der Waals surface area (Å²) in [6.07, 6.45) is 0.0924. The molecule has 6 heteroatoms. The Bertz CT molecular complexity index is 238. The Morgan fingerprint density at radius 2 is 1.93 bits per heavy atom. The summed E-state index contributed by atoms with van der Waals surface area (Å²) in [4.78, 5) is 0. The molecule has 0 amide bonds. The zero-order chi connectivity index (χ0) is 11.2. The second-order valence-electron chi connectivity index (χ2n) is 3.35. The third-order valence-corrected chi connectivity index (χ3v) is 3.46. The Labute approximate surface area is 85.5 Å². The van der Waals surface area contributed by atoms with Gasteiger partial charge in [0.05, 0.1) is 24.6 Å². The minimum atomic E-state index is -3.39. The van der Waals surface area contributed by atoms with Crippen LogP contribution in [0.15, 0.2) is 0 Å². The first-order valence-corrected chi connectivity index (χ1v) is 6.15. The van der Waals surface area contributed by atoms with Gasteiger partial charge in [-0.2, -0.15) is 0 Å². The van der Waals surface area contributed by atoms with Gasteiger partial charge in [-0.1, -0.05) is 0 Å². The third kappa shape index (κ3) is 5.54. The topological polar surface area (TPSA) is 75.6 Å². The minimum absolute atomic E-state index is 0.0924. The van der Waals surface area contributed by atoms with Crippen LogP contribution in [0.3, 0.4) is 0 Å². The van der Waals surface area contributed by atoms with E-state index in [1.165, 1.54) is 6.92 Å². The van der Waals surface area contributed by atoms with E-state index < -0.39 is 15.3 Å². The van der Waals surface area contributed by atoms with Crippen molar-refractivity contribution in [2.45, 2.75) is 32.1 Å². The number of rotatable bonds is 7. The first-order valence-electron chi connectivity index (χ1n) is 4.61. The average Bonchev–Trinajstić information content (AvgIpc) is 2.10. The van der Waals surface area contributed by atoms with E-state index in [4.69, 9.17) is 9.84 Å². The molecule has 0 spiro atoms. The third-order valence-electron chi connectivity index (χ3n) is 1.64. The van der Waals surface area contributed by atoms with Crippen LogP contribution in [0, 0.1) is 0 Å². The number of nitrogens with one attached hydrogen (secondary N) is 1. The quantitative estimate of drug-likeness (QED) is 0.584. The van der Waals surface area contributed by atoms with Crippen LogP contribution in [-0.4, -0.2) is 44.6 Å². The van der Waals surface area contributed by atoms with Crippen molar-refractivity contribution >= 4 is 10.0 Å². The molecular weight excluding hydrogens is 206 g/mol. The predicted octanol–water partition coefficient (Wildman–Crippen LogP) is -0.288. The highest BCUT2D eigenvalue weighted by molar-refractivity contribution is 7.90. The number of aliphatic hydroxyl groups is 1. The van der Waals surface area contributed by atoms with E-state index in [9.17, 15) is 8.42 Å². The Morgan fingerprint density at radius 1 is 1.36 bits per heavy atom. The number of hydrogen-bond acceptors (Lipinski definition) is 4. The summed E-state index contributed by atoms with van der Waals surface area (Å²) >= 11 is 0. The van der Waals surface area contributed by atoms with E-state index >= 15 is 0 Å². The highest BCUT2D eigenvalue weighted by atomic mass is 32.2. The lowest BCUT2D eigenvalue weighted by molar-refractivity contribution is 0.0833. The van der Waals surface area contributed by atoms with E-state index in [1.807, 2.05) is 13.8 Å². The molecule has 1 atom stereocenters. The summed E-state index contributed by atoms with van der Waals surface area (Å²) in [5, 5.41) is 7.89. The summed E-state index contributed by atoms with van der Waals surface area (Å²) in [5.74, 6) is 0. The lowest BCUT2D eigenvalue weighted by atomic mass is 10.5. The summed E-state index contributed by atoms with van der Waals surface area (Å²) in [5.41, 5.74) is 0. The highest BCUT2D eigenvalue weighted by Crippen LogP contribution is 1.96. The second-order valence-corrected chi connectivity index (χ2v) is 5.54. The molecule has 1 unspecified atom stereocenters. The van der Waals surface area contributed by atoms with E-state index in [2.05, 4.69) is 4.72 Å². The van der Waals surface area contributed by atoms with Crippen molar-refractivity contribution < 1.29 is 18.3 Å². The fourth-order valence-electron chi connectivity index (χ4n) is 0.719. The molecule has 0 heterocycles. The fourth-order valence-corrected chi connectivity index (χ4v) is 1.57. The largest absolute Gasteiger partial charge is 0.395 e. The Balaban J connectivity index is 3.78. The molecule has 0 aliphatic rings. The zero-order valence-corrected chi connectivity index (χ0v) is 9.67. The smallest absolute Gasteiger partial charge is 0.216 e. The zero-order valence-electron chi connectivity index (χ0n) is 8.86. The van der Waals surface area contributed by atoms with Gasteiger partial charge in [0.25, 0.3) is 0 Å². The molecule has 5 nitrogen and oxygen atoms in total. The van der Waals surface area contributed by atoms with E-state index in [1.54, 1.807) is 0 Å². The van der Waals surface area contributed by atoms with Crippen molar-refractivity contribution in [3.63, 3.8) is 0 Å². The fraction of sp³-hybridized carbons (Fsp3) is 1.00. The molecular formula is C8H19NO4S. The predicted molar refractivity (Wildman–Crippen MR) is 54.6 cm³/mol. The summed E-state index contributed by atoms with van der Waals surface area (Å²) < 4.78 is 30.1. The van der Waals surface area contributed by atoms with Crippen LogP contribution < -0.4 is 4.72 Å². The van der Waals surface area contributed by atoms with Crippen molar-refractivity contribution in [3.8, 4) is 0 Å². The van der Waals surface area contributed by atoms with Gasteiger partial charge in [0.1, 0.15) is 0 Å². The first kappa shape index (κ1) is 13.8. The van der Waals surface area contributed by atoms with Gasteiger partial charge < -0.3 is 9.84 Å². The van der Waals surface area contributed by atoms with Crippen LogP contribution in [0.1, 0.15) is 20.8 Å². The molecule has 14 heavy (non-hydrogen) atoms. The maximum Gasteiger partial charge on any atom is 0.216 e. The van der Waals surface area contributed by atoms with E-state index in [-0.39, 0.29) is 19.3 Å².